The summed E-state index contributed by atoms with van der Waals surface area (Å²) in [5.41, 5.74) is 2.53. The molecule has 0 radical (unpaired) electrons. The van der Waals surface area contributed by atoms with Crippen molar-refractivity contribution in [1.29, 1.82) is 0 Å². The summed E-state index contributed by atoms with van der Waals surface area (Å²) >= 11 is 9.58. The molecule has 0 bridgehead atoms. The standard InChI is InChI=1S/C18H21BrClN3O4/c1-10-15(21-14-6-5-11(19)7-13(14)20)12(8-23(4)17(10)26)16(25)22-27-18(2,3)9-24/h5-8,21,24H,9H2,1-4H3,(H,22,25). The number of halogens is 2. The molecule has 1 heterocycles. The largest absolute Gasteiger partial charge is 0.393 e. The monoisotopic (exact) mass is 457 g/mol. The van der Waals surface area contributed by atoms with Crippen molar-refractivity contribution in [2.24, 2.45) is 7.05 Å². The van der Waals surface area contributed by atoms with Crippen LogP contribution in [0.5, 0.6) is 0 Å². The number of aliphatic hydroxyl groups is 1. The van der Waals surface area contributed by atoms with E-state index in [-0.39, 0.29) is 17.7 Å². The van der Waals surface area contributed by atoms with Gasteiger partial charge in [0.1, 0.15) is 5.60 Å². The number of rotatable bonds is 6. The number of pyridine rings is 1. The highest BCUT2D eigenvalue weighted by atomic mass is 79.9. The Labute approximate surface area is 170 Å². The van der Waals surface area contributed by atoms with Crippen molar-refractivity contribution in [3.63, 3.8) is 0 Å². The van der Waals surface area contributed by atoms with Gasteiger partial charge >= 0.3 is 0 Å². The molecule has 0 saturated heterocycles. The predicted octanol–water partition coefficient (Wildman–Crippen LogP) is 3.29. The molecule has 0 saturated carbocycles. The second-order valence-electron chi connectivity index (χ2n) is 6.66. The highest BCUT2D eigenvalue weighted by Gasteiger charge is 2.23. The van der Waals surface area contributed by atoms with E-state index in [0.29, 0.717) is 22.0 Å². The van der Waals surface area contributed by atoms with Crippen LogP contribution in [0.15, 0.2) is 33.7 Å². The van der Waals surface area contributed by atoms with Gasteiger partial charge in [0.2, 0.25) is 0 Å². The van der Waals surface area contributed by atoms with E-state index >= 15 is 0 Å². The summed E-state index contributed by atoms with van der Waals surface area (Å²) in [7, 11) is 1.56. The van der Waals surface area contributed by atoms with Gasteiger partial charge in [0, 0.05) is 23.3 Å². The summed E-state index contributed by atoms with van der Waals surface area (Å²) in [6.07, 6.45) is 1.41. The molecule has 0 fully saturated rings. The average Bonchev–Trinajstić information content (AvgIpc) is 2.61. The van der Waals surface area contributed by atoms with Crippen LogP contribution in [-0.2, 0) is 11.9 Å². The van der Waals surface area contributed by atoms with E-state index in [1.54, 1.807) is 46.0 Å². The van der Waals surface area contributed by atoms with E-state index < -0.39 is 11.5 Å². The Bertz CT molecular complexity index is 928. The molecule has 2 rings (SSSR count). The Morgan fingerprint density at radius 1 is 1.41 bits per heavy atom. The fourth-order valence-electron chi connectivity index (χ4n) is 2.22. The normalized spacial score (nSPS) is 11.4. The number of amides is 1. The van der Waals surface area contributed by atoms with Crippen molar-refractivity contribution in [2.75, 3.05) is 11.9 Å². The second-order valence-corrected chi connectivity index (χ2v) is 7.98. The number of aromatic nitrogens is 1. The molecule has 0 aliphatic heterocycles. The lowest BCUT2D eigenvalue weighted by Gasteiger charge is -2.23. The average molecular weight is 459 g/mol. The SMILES string of the molecule is Cc1c(Nc2ccc(Br)cc2Cl)c(C(=O)NOC(C)(C)CO)cn(C)c1=O. The first-order chi connectivity index (χ1) is 12.6. The molecule has 9 heteroatoms. The Morgan fingerprint density at radius 2 is 2.07 bits per heavy atom. The zero-order valence-electron chi connectivity index (χ0n) is 15.4. The number of aryl methyl sites for hydroxylation is 1. The van der Waals surface area contributed by atoms with E-state index in [1.165, 1.54) is 10.8 Å². The number of carbonyl (C=O) groups is 1. The molecular formula is C18H21BrClN3O4. The van der Waals surface area contributed by atoms with E-state index in [2.05, 4.69) is 26.7 Å². The highest BCUT2D eigenvalue weighted by molar-refractivity contribution is 9.10. The highest BCUT2D eigenvalue weighted by Crippen LogP contribution is 2.30. The van der Waals surface area contributed by atoms with Crippen LogP contribution in [-0.4, -0.2) is 27.8 Å². The third-order valence-corrected chi connectivity index (χ3v) is 4.65. The molecule has 0 spiro atoms. The number of carbonyl (C=O) groups excluding carboxylic acids is 1. The smallest absolute Gasteiger partial charge is 0.278 e. The maximum absolute atomic E-state index is 12.7. The minimum atomic E-state index is -0.950. The molecule has 1 aromatic heterocycles. The van der Waals surface area contributed by atoms with Crippen LogP contribution in [0.2, 0.25) is 5.02 Å². The molecule has 2 aromatic rings. The lowest BCUT2D eigenvalue weighted by atomic mass is 10.1. The third-order valence-electron chi connectivity index (χ3n) is 3.84. The van der Waals surface area contributed by atoms with Crippen molar-refractivity contribution >= 4 is 44.8 Å². The minimum Gasteiger partial charge on any atom is -0.393 e. The van der Waals surface area contributed by atoms with Crippen LogP contribution < -0.4 is 16.4 Å². The predicted molar refractivity (Wildman–Crippen MR) is 109 cm³/mol. The first-order valence-electron chi connectivity index (χ1n) is 8.07. The zero-order chi connectivity index (χ0) is 20.4. The fraction of sp³-hybridized carbons (Fsp3) is 0.333. The number of hydrogen-bond acceptors (Lipinski definition) is 5. The number of aliphatic hydroxyl groups excluding tert-OH is 1. The first-order valence-corrected chi connectivity index (χ1v) is 9.24. The van der Waals surface area contributed by atoms with Gasteiger partial charge in [0.15, 0.2) is 0 Å². The third kappa shape index (κ3) is 5.10. The molecule has 0 aliphatic carbocycles. The molecule has 3 N–H and O–H groups in total. The quantitative estimate of drug-likeness (QED) is 0.578. The van der Waals surface area contributed by atoms with E-state index in [4.69, 9.17) is 16.4 Å². The molecule has 0 aliphatic rings. The molecule has 1 aromatic carbocycles. The number of anilines is 2. The fourth-order valence-corrected chi connectivity index (χ4v) is 2.94. The number of hydrogen-bond donors (Lipinski definition) is 3. The molecule has 27 heavy (non-hydrogen) atoms. The van der Waals surface area contributed by atoms with Gasteiger partial charge in [-0.05, 0) is 39.0 Å². The van der Waals surface area contributed by atoms with Crippen LogP contribution in [0.3, 0.4) is 0 Å². The molecular weight excluding hydrogens is 438 g/mol. The summed E-state index contributed by atoms with van der Waals surface area (Å²) in [6.45, 7) is 4.59. The number of nitrogens with one attached hydrogen (secondary N) is 2. The lowest BCUT2D eigenvalue weighted by molar-refractivity contribution is -0.0956. The number of benzene rings is 1. The van der Waals surface area contributed by atoms with Gasteiger partial charge in [-0.1, -0.05) is 27.5 Å². The summed E-state index contributed by atoms with van der Waals surface area (Å²) in [5.74, 6) is -0.564. The maximum atomic E-state index is 12.7. The van der Waals surface area contributed by atoms with E-state index in [0.717, 1.165) is 4.47 Å². The van der Waals surface area contributed by atoms with Crippen LogP contribution >= 0.6 is 27.5 Å². The molecule has 146 valence electrons. The van der Waals surface area contributed by atoms with Crippen LogP contribution in [0, 0.1) is 6.92 Å². The van der Waals surface area contributed by atoms with Crippen molar-refractivity contribution in [1.82, 2.24) is 10.0 Å². The van der Waals surface area contributed by atoms with Gasteiger partial charge in [-0.25, -0.2) is 5.48 Å². The Hall–Kier alpha value is -1.87. The number of hydroxylamine groups is 1. The summed E-state index contributed by atoms with van der Waals surface area (Å²) < 4.78 is 2.12. The minimum absolute atomic E-state index is 0.197. The first kappa shape index (κ1) is 21.4. The molecule has 0 atom stereocenters. The van der Waals surface area contributed by atoms with Gasteiger partial charge in [0.25, 0.3) is 11.5 Å². The number of nitrogens with zero attached hydrogens (tertiary/aromatic N) is 1. The Balaban J connectivity index is 2.45. The van der Waals surface area contributed by atoms with Crippen molar-refractivity contribution < 1.29 is 14.7 Å². The van der Waals surface area contributed by atoms with Crippen molar-refractivity contribution in [2.45, 2.75) is 26.4 Å². The van der Waals surface area contributed by atoms with E-state index in [9.17, 15) is 14.7 Å². The van der Waals surface area contributed by atoms with Gasteiger partial charge in [0.05, 0.1) is 28.6 Å². The van der Waals surface area contributed by atoms with Gasteiger partial charge < -0.3 is 15.0 Å². The van der Waals surface area contributed by atoms with Gasteiger partial charge in [-0.2, -0.15) is 0 Å². The molecule has 0 unspecified atom stereocenters. The zero-order valence-corrected chi connectivity index (χ0v) is 17.7. The molecule has 7 nitrogen and oxygen atoms in total. The van der Waals surface area contributed by atoms with Gasteiger partial charge in [-0.15, -0.1) is 0 Å². The van der Waals surface area contributed by atoms with Crippen LogP contribution in [0.1, 0.15) is 29.8 Å². The van der Waals surface area contributed by atoms with Crippen LogP contribution in [0.4, 0.5) is 11.4 Å². The summed E-state index contributed by atoms with van der Waals surface area (Å²) in [4.78, 5) is 30.3. The Morgan fingerprint density at radius 3 is 2.67 bits per heavy atom. The summed E-state index contributed by atoms with van der Waals surface area (Å²) in [6, 6.07) is 5.22. The Kier molecular flexibility index (Phi) is 6.69. The summed E-state index contributed by atoms with van der Waals surface area (Å²) in [5, 5.41) is 12.7. The topological polar surface area (TPSA) is 92.6 Å². The van der Waals surface area contributed by atoms with Crippen LogP contribution in [0.25, 0.3) is 0 Å². The van der Waals surface area contributed by atoms with Crippen molar-refractivity contribution in [3.05, 3.63) is 55.4 Å². The van der Waals surface area contributed by atoms with Gasteiger partial charge in [-0.3, -0.25) is 14.4 Å². The molecule has 1 amide bonds. The lowest BCUT2D eigenvalue weighted by Crippen LogP contribution is -2.39. The maximum Gasteiger partial charge on any atom is 0.278 e. The van der Waals surface area contributed by atoms with E-state index in [1.807, 2.05) is 0 Å². The van der Waals surface area contributed by atoms with Crippen molar-refractivity contribution in [3.8, 4) is 0 Å². The second kappa shape index (κ2) is 8.43.